The lowest BCUT2D eigenvalue weighted by molar-refractivity contribution is 0.417. The summed E-state index contributed by atoms with van der Waals surface area (Å²) in [6.45, 7) is 3.20. The molecule has 3 rings (SSSR count). The largest absolute Gasteiger partial charge is 0.345 e. The van der Waals surface area contributed by atoms with Crippen molar-refractivity contribution < 1.29 is 0 Å². The Labute approximate surface area is 94.5 Å². The standard InChI is InChI=1S/C12H16N4/c1-2-11-12(16-8-15-11)6-9(1)5-10-7-13-3-4-14-10/h1-2,6,8,10,13-14H,3-5,7H2,(H,15,16). The first-order valence-electron chi connectivity index (χ1n) is 5.78. The zero-order valence-corrected chi connectivity index (χ0v) is 9.16. The Bertz CT molecular complexity index is 471. The molecule has 0 radical (unpaired) electrons. The number of nitrogens with zero attached hydrogens (tertiary/aromatic N) is 1. The molecular weight excluding hydrogens is 200 g/mol. The van der Waals surface area contributed by atoms with Gasteiger partial charge in [-0.2, -0.15) is 0 Å². The van der Waals surface area contributed by atoms with Gasteiger partial charge >= 0.3 is 0 Å². The fourth-order valence-corrected chi connectivity index (χ4v) is 2.25. The molecule has 2 aromatic rings. The van der Waals surface area contributed by atoms with Crippen molar-refractivity contribution in [1.29, 1.82) is 0 Å². The summed E-state index contributed by atoms with van der Waals surface area (Å²) in [6, 6.07) is 6.99. The number of imidazole rings is 1. The Kier molecular flexibility index (Phi) is 2.60. The second kappa shape index (κ2) is 4.23. The van der Waals surface area contributed by atoms with E-state index in [1.807, 2.05) is 0 Å². The van der Waals surface area contributed by atoms with E-state index in [-0.39, 0.29) is 0 Å². The van der Waals surface area contributed by atoms with E-state index in [9.17, 15) is 0 Å². The van der Waals surface area contributed by atoms with Crippen LogP contribution in [0.3, 0.4) is 0 Å². The molecule has 4 heteroatoms. The van der Waals surface area contributed by atoms with Crippen LogP contribution in [0.15, 0.2) is 24.5 Å². The van der Waals surface area contributed by atoms with Crippen LogP contribution in [0.2, 0.25) is 0 Å². The van der Waals surface area contributed by atoms with Crippen LogP contribution in [0.4, 0.5) is 0 Å². The Balaban J connectivity index is 1.77. The number of H-pyrrole nitrogens is 1. The van der Waals surface area contributed by atoms with E-state index in [4.69, 9.17) is 0 Å². The molecule has 1 aromatic heterocycles. The zero-order valence-electron chi connectivity index (χ0n) is 9.16. The molecular formula is C12H16N4. The van der Waals surface area contributed by atoms with E-state index in [0.29, 0.717) is 6.04 Å². The molecule has 1 aliphatic heterocycles. The van der Waals surface area contributed by atoms with Crippen LogP contribution in [0.1, 0.15) is 5.56 Å². The van der Waals surface area contributed by atoms with Gasteiger partial charge in [-0.1, -0.05) is 6.07 Å². The molecule has 0 bridgehead atoms. The highest BCUT2D eigenvalue weighted by Crippen LogP contribution is 2.13. The lowest BCUT2D eigenvalue weighted by Crippen LogP contribution is -2.49. The molecule has 1 unspecified atom stereocenters. The van der Waals surface area contributed by atoms with Gasteiger partial charge in [0.15, 0.2) is 0 Å². The number of hydrogen-bond donors (Lipinski definition) is 3. The maximum Gasteiger partial charge on any atom is 0.0931 e. The van der Waals surface area contributed by atoms with Crippen LogP contribution in [-0.4, -0.2) is 35.6 Å². The number of rotatable bonds is 2. The van der Waals surface area contributed by atoms with Crippen molar-refractivity contribution in [3.63, 3.8) is 0 Å². The van der Waals surface area contributed by atoms with Gasteiger partial charge in [0.25, 0.3) is 0 Å². The highest BCUT2D eigenvalue weighted by Gasteiger charge is 2.12. The monoisotopic (exact) mass is 216 g/mol. The van der Waals surface area contributed by atoms with E-state index in [0.717, 1.165) is 37.1 Å². The molecule has 0 amide bonds. The molecule has 1 fully saturated rings. The molecule has 0 spiro atoms. The van der Waals surface area contributed by atoms with Crippen molar-refractivity contribution in [1.82, 2.24) is 20.6 Å². The lowest BCUT2D eigenvalue weighted by atomic mass is 10.0. The first-order chi connectivity index (χ1) is 7.92. The highest BCUT2D eigenvalue weighted by atomic mass is 15.0. The van der Waals surface area contributed by atoms with Crippen LogP contribution in [0.5, 0.6) is 0 Å². The number of aromatic nitrogens is 2. The summed E-state index contributed by atoms with van der Waals surface area (Å²) < 4.78 is 0. The van der Waals surface area contributed by atoms with Gasteiger partial charge in [0.05, 0.1) is 17.4 Å². The molecule has 0 aliphatic carbocycles. The fraction of sp³-hybridized carbons (Fsp3) is 0.417. The Morgan fingerprint density at radius 3 is 3.19 bits per heavy atom. The minimum absolute atomic E-state index is 0.550. The first-order valence-corrected chi connectivity index (χ1v) is 5.78. The molecule has 3 N–H and O–H groups in total. The minimum atomic E-state index is 0.550. The van der Waals surface area contributed by atoms with Crippen molar-refractivity contribution >= 4 is 11.0 Å². The average Bonchev–Trinajstić information content (AvgIpc) is 2.77. The van der Waals surface area contributed by atoms with Crippen molar-refractivity contribution in [2.24, 2.45) is 0 Å². The predicted octanol–water partition coefficient (Wildman–Crippen LogP) is 0.667. The lowest BCUT2D eigenvalue weighted by Gasteiger charge is -2.24. The van der Waals surface area contributed by atoms with Gasteiger partial charge in [-0.25, -0.2) is 4.98 Å². The van der Waals surface area contributed by atoms with E-state index >= 15 is 0 Å². The smallest absolute Gasteiger partial charge is 0.0931 e. The molecule has 1 atom stereocenters. The molecule has 16 heavy (non-hydrogen) atoms. The van der Waals surface area contributed by atoms with Gasteiger partial charge in [0, 0.05) is 25.7 Å². The Morgan fingerprint density at radius 1 is 1.31 bits per heavy atom. The third-order valence-electron chi connectivity index (χ3n) is 3.09. The number of hydrogen-bond acceptors (Lipinski definition) is 3. The average molecular weight is 216 g/mol. The first kappa shape index (κ1) is 9.81. The van der Waals surface area contributed by atoms with Gasteiger partial charge in [-0.15, -0.1) is 0 Å². The van der Waals surface area contributed by atoms with E-state index in [2.05, 4.69) is 38.8 Å². The number of nitrogens with one attached hydrogen (secondary N) is 3. The molecule has 1 saturated heterocycles. The fourth-order valence-electron chi connectivity index (χ4n) is 2.25. The van der Waals surface area contributed by atoms with Crippen LogP contribution < -0.4 is 10.6 Å². The van der Waals surface area contributed by atoms with Crippen LogP contribution in [0, 0.1) is 0 Å². The normalized spacial score (nSPS) is 21.4. The van der Waals surface area contributed by atoms with Crippen LogP contribution >= 0.6 is 0 Å². The van der Waals surface area contributed by atoms with Crippen molar-refractivity contribution in [3.8, 4) is 0 Å². The number of fused-ring (bicyclic) bond motifs is 1. The van der Waals surface area contributed by atoms with Crippen LogP contribution in [0.25, 0.3) is 11.0 Å². The van der Waals surface area contributed by atoms with Gasteiger partial charge in [0.2, 0.25) is 0 Å². The maximum absolute atomic E-state index is 4.22. The van der Waals surface area contributed by atoms with E-state index < -0.39 is 0 Å². The molecule has 4 nitrogen and oxygen atoms in total. The summed E-state index contributed by atoms with van der Waals surface area (Å²) in [4.78, 5) is 7.37. The SMILES string of the molecule is c1nc2ccc(CC3CNCCN3)cc2[nH]1. The van der Waals surface area contributed by atoms with Gasteiger partial charge in [-0.05, 0) is 24.1 Å². The molecule has 1 aliphatic rings. The maximum atomic E-state index is 4.22. The zero-order chi connectivity index (χ0) is 10.8. The Morgan fingerprint density at radius 2 is 2.31 bits per heavy atom. The topological polar surface area (TPSA) is 52.7 Å². The summed E-state index contributed by atoms with van der Waals surface area (Å²) in [6.07, 6.45) is 2.82. The summed E-state index contributed by atoms with van der Waals surface area (Å²) in [5, 5.41) is 6.93. The third kappa shape index (κ3) is 1.94. The molecule has 0 saturated carbocycles. The van der Waals surface area contributed by atoms with E-state index in [1.165, 1.54) is 5.56 Å². The quantitative estimate of drug-likeness (QED) is 0.691. The minimum Gasteiger partial charge on any atom is -0.345 e. The second-order valence-electron chi connectivity index (χ2n) is 4.31. The molecule has 84 valence electrons. The molecule has 1 aromatic carbocycles. The van der Waals surface area contributed by atoms with Crippen molar-refractivity contribution in [2.45, 2.75) is 12.5 Å². The second-order valence-corrected chi connectivity index (χ2v) is 4.31. The number of aromatic amines is 1. The number of benzene rings is 1. The van der Waals surface area contributed by atoms with Gasteiger partial charge < -0.3 is 15.6 Å². The van der Waals surface area contributed by atoms with Crippen molar-refractivity contribution in [2.75, 3.05) is 19.6 Å². The van der Waals surface area contributed by atoms with Crippen molar-refractivity contribution in [3.05, 3.63) is 30.1 Å². The number of piperazine rings is 1. The van der Waals surface area contributed by atoms with Gasteiger partial charge in [-0.3, -0.25) is 0 Å². The Hall–Kier alpha value is -1.39. The molecule has 2 heterocycles. The van der Waals surface area contributed by atoms with Gasteiger partial charge in [0.1, 0.15) is 0 Å². The van der Waals surface area contributed by atoms with Crippen LogP contribution in [-0.2, 0) is 6.42 Å². The predicted molar refractivity (Wildman–Crippen MR) is 64.5 cm³/mol. The highest BCUT2D eigenvalue weighted by molar-refractivity contribution is 5.75. The summed E-state index contributed by atoms with van der Waals surface area (Å²) in [5.41, 5.74) is 3.53. The summed E-state index contributed by atoms with van der Waals surface area (Å²) >= 11 is 0. The third-order valence-corrected chi connectivity index (χ3v) is 3.09. The summed E-state index contributed by atoms with van der Waals surface area (Å²) in [5.74, 6) is 0. The summed E-state index contributed by atoms with van der Waals surface area (Å²) in [7, 11) is 0. The van der Waals surface area contributed by atoms with E-state index in [1.54, 1.807) is 6.33 Å².